The number of nitrogens with zero attached hydrogens (tertiary/aromatic N) is 1. The summed E-state index contributed by atoms with van der Waals surface area (Å²) in [5.74, 6) is -0.817. The number of methoxy groups -OCH3 is 1. The van der Waals surface area contributed by atoms with Gasteiger partial charge in [-0.1, -0.05) is 31.9 Å². The zero-order valence-electron chi connectivity index (χ0n) is 10.7. The second-order valence-corrected chi connectivity index (χ2v) is 6.38. The van der Waals surface area contributed by atoms with E-state index >= 15 is 0 Å². The predicted molar refractivity (Wildman–Crippen MR) is 79.3 cm³/mol. The van der Waals surface area contributed by atoms with Crippen LogP contribution in [0, 0.1) is 0 Å². The first-order valence-corrected chi connectivity index (χ1v) is 7.54. The van der Waals surface area contributed by atoms with Crippen molar-refractivity contribution in [1.82, 2.24) is 4.90 Å². The highest BCUT2D eigenvalue weighted by atomic mass is 79.9. The number of aliphatic hydroxyl groups is 1. The van der Waals surface area contributed by atoms with Gasteiger partial charge in [-0.05, 0) is 18.2 Å². The number of carbonyl (C=O) groups is 2. The molecule has 1 aliphatic heterocycles. The highest BCUT2D eigenvalue weighted by Crippen LogP contribution is 2.25. The fourth-order valence-corrected chi connectivity index (χ4v) is 3.53. The first-order chi connectivity index (χ1) is 9.42. The molecule has 5 nitrogen and oxygen atoms in total. The van der Waals surface area contributed by atoms with Gasteiger partial charge in [-0.3, -0.25) is 4.79 Å². The third-order valence-electron chi connectivity index (χ3n) is 3.12. The number of hydrogen-bond acceptors (Lipinski definition) is 4. The van der Waals surface area contributed by atoms with E-state index in [2.05, 4.69) is 36.6 Å². The molecule has 1 saturated heterocycles. The van der Waals surface area contributed by atoms with Gasteiger partial charge in [0.1, 0.15) is 6.04 Å². The van der Waals surface area contributed by atoms with Crippen LogP contribution in [0.3, 0.4) is 0 Å². The van der Waals surface area contributed by atoms with E-state index in [-0.39, 0.29) is 18.9 Å². The topological polar surface area (TPSA) is 66.8 Å². The van der Waals surface area contributed by atoms with Crippen molar-refractivity contribution >= 4 is 43.7 Å². The molecule has 1 aromatic carbocycles. The molecule has 0 bridgehead atoms. The summed E-state index contributed by atoms with van der Waals surface area (Å²) in [6.07, 6.45) is -0.508. The van der Waals surface area contributed by atoms with Gasteiger partial charge >= 0.3 is 5.97 Å². The Kier molecular flexibility index (Phi) is 4.82. The molecule has 1 amide bonds. The lowest BCUT2D eigenvalue weighted by molar-refractivity contribution is -0.145. The van der Waals surface area contributed by atoms with Gasteiger partial charge in [0.25, 0.3) is 5.91 Å². The Morgan fingerprint density at radius 3 is 2.45 bits per heavy atom. The number of likely N-dealkylation sites (tertiary alicyclic amines) is 1. The van der Waals surface area contributed by atoms with Crippen molar-refractivity contribution < 1.29 is 19.4 Å². The number of halogens is 2. The summed E-state index contributed by atoms with van der Waals surface area (Å²) in [4.78, 5) is 25.5. The standard InChI is InChI=1S/C13H13Br2NO4/c1-20-13(19)11-5-10(17)6-16(11)12(18)7-2-8(14)4-9(15)3-7/h2-4,10-11,17H,5-6H2,1H3. The molecule has 1 aliphatic rings. The van der Waals surface area contributed by atoms with Crippen LogP contribution in [0.15, 0.2) is 27.1 Å². The summed E-state index contributed by atoms with van der Waals surface area (Å²) >= 11 is 6.64. The van der Waals surface area contributed by atoms with Crippen LogP contribution in [-0.2, 0) is 9.53 Å². The average Bonchev–Trinajstić information content (AvgIpc) is 2.78. The molecular formula is C13H13Br2NO4. The zero-order chi connectivity index (χ0) is 14.9. The van der Waals surface area contributed by atoms with Crippen molar-refractivity contribution in [1.29, 1.82) is 0 Å². The van der Waals surface area contributed by atoms with E-state index in [4.69, 9.17) is 0 Å². The van der Waals surface area contributed by atoms with Gasteiger partial charge < -0.3 is 14.7 Å². The first kappa shape index (κ1) is 15.5. The van der Waals surface area contributed by atoms with E-state index in [1.165, 1.54) is 12.0 Å². The third kappa shape index (κ3) is 3.21. The number of benzene rings is 1. The van der Waals surface area contributed by atoms with Crippen LogP contribution in [-0.4, -0.2) is 47.7 Å². The minimum Gasteiger partial charge on any atom is -0.467 e. The summed E-state index contributed by atoms with van der Waals surface area (Å²) in [5.41, 5.74) is 0.439. The Morgan fingerprint density at radius 2 is 1.90 bits per heavy atom. The van der Waals surface area contributed by atoms with Crippen LogP contribution < -0.4 is 0 Å². The predicted octanol–water partition coefficient (Wildman–Crippen LogP) is 1.96. The number of carbonyl (C=O) groups excluding carboxylic acids is 2. The largest absolute Gasteiger partial charge is 0.467 e. The number of hydrogen-bond donors (Lipinski definition) is 1. The van der Waals surface area contributed by atoms with E-state index in [1.54, 1.807) is 12.1 Å². The Morgan fingerprint density at radius 1 is 1.30 bits per heavy atom. The lowest BCUT2D eigenvalue weighted by Gasteiger charge is -2.22. The van der Waals surface area contributed by atoms with E-state index in [0.717, 1.165) is 8.95 Å². The molecule has 2 atom stereocenters. The lowest BCUT2D eigenvalue weighted by Crippen LogP contribution is -2.41. The molecular weight excluding hydrogens is 394 g/mol. The van der Waals surface area contributed by atoms with Crippen molar-refractivity contribution in [3.05, 3.63) is 32.7 Å². The number of β-amino-alcohol motifs (C(OH)–C–C–N with tert-alkyl or cyclic N) is 1. The SMILES string of the molecule is COC(=O)C1CC(O)CN1C(=O)c1cc(Br)cc(Br)c1. The quantitative estimate of drug-likeness (QED) is 0.762. The van der Waals surface area contributed by atoms with Gasteiger partial charge in [0.05, 0.1) is 13.2 Å². The molecule has 0 aromatic heterocycles. The maximum Gasteiger partial charge on any atom is 0.328 e. The fourth-order valence-electron chi connectivity index (χ4n) is 2.24. The van der Waals surface area contributed by atoms with E-state index in [1.807, 2.05) is 6.07 Å². The molecule has 0 radical (unpaired) electrons. The monoisotopic (exact) mass is 405 g/mol. The van der Waals surface area contributed by atoms with Gasteiger partial charge in [-0.25, -0.2) is 4.79 Å². The summed E-state index contributed by atoms with van der Waals surface area (Å²) in [6, 6.07) is 4.42. The van der Waals surface area contributed by atoms with Crippen molar-refractivity contribution in [3.63, 3.8) is 0 Å². The molecule has 0 spiro atoms. The number of ether oxygens (including phenoxy) is 1. The average molecular weight is 407 g/mol. The third-order valence-corrected chi connectivity index (χ3v) is 4.04. The molecule has 108 valence electrons. The van der Waals surface area contributed by atoms with Gasteiger partial charge in [0.2, 0.25) is 0 Å². The lowest BCUT2D eigenvalue weighted by atomic mass is 10.1. The molecule has 1 N–H and O–H groups in total. The van der Waals surface area contributed by atoms with E-state index < -0.39 is 18.1 Å². The minimum atomic E-state index is -0.736. The minimum absolute atomic E-state index is 0.128. The number of aliphatic hydroxyl groups excluding tert-OH is 1. The van der Waals surface area contributed by atoms with Crippen LogP contribution in [0.4, 0.5) is 0 Å². The Hall–Kier alpha value is -0.920. The van der Waals surface area contributed by atoms with Crippen molar-refractivity contribution in [3.8, 4) is 0 Å². The summed E-state index contributed by atoms with van der Waals surface area (Å²) in [5, 5.41) is 9.70. The van der Waals surface area contributed by atoms with Crippen LogP contribution >= 0.6 is 31.9 Å². The van der Waals surface area contributed by atoms with E-state index in [0.29, 0.717) is 5.56 Å². The molecule has 2 rings (SSSR count). The second-order valence-electron chi connectivity index (χ2n) is 4.54. The van der Waals surface area contributed by atoms with Crippen molar-refractivity contribution in [2.24, 2.45) is 0 Å². The number of esters is 1. The second kappa shape index (κ2) is 6.24. The molecule has 1 aromatic rings. The maximum absolute atomic E-state index is 12.5. The van der Waals surface area contributed by atoms with Crippen LogP contribution in [0.2, 0.25) is 0 Å². The summed E-state index contributed by atoms with van der Waals surface area (Å²) in [6.45, 7) is 0.128. The molecule has 2 unspecified atom stereocenters. The molecule has 1 heterocycles. The highest BCUT2D eigenvalue weighted by molar-refractivity contribution is 9.11. The zero-order valence-corrected chi connectivity index (χ0v) is 13.8. The van der Waals surface area contributed by atoms with Crippen LogP contribution in [0.1, 0.15) is 16.8 Å². The Labute approximate surface area is 133 Å². The normalized spacial score (nSPS) is 21.9. The molecule has 0 aliphatic carbocycles. The Bertz CT molecular complexity index is 529. The maximum atomic E-state index is 12.5. The van der Waals surface area contributed by atoms with Crippen LogP contribution in [0.5, 0.6) is 0 Å². The van der Waals surface area contributed by atoms with Crippen LogP contribution in [0.25, 0.3) is 0 Å². The molecule has 1 fully saturated rings. The number of amides is 1. The first-order valence-electron chi connectivity index (χ1n) is 5.95. The Balaban J connectivity index is 2.28. The summed E-state index contributed by atoms with van der Waals surface area (Å²) in [7, 11) is 1.27. The van der Waals surface area contributed by atoms with Crippen molar-refractivity contribution in [2.45, 2.75) is 18.6 Å². The smallest absolute Gasteiger partial charge is 0.328 e. The number of rotatable bonds is 2. The summed E-state index contributed by atoms with van der Waals surface area (Å²) < 4.78 is 6.19. The molecule has 7 heteroatoms. The van der Waals surface area contributed by atoms with Gasteiger partial charge in [-0.2, -0.15) is 0 Å². The molecule has 20 heavy (non-hydrogen) atoms. The van der Waals surface area contributed by atoms with E-state index in [9.17, 15) is 14.7 Å². The molecule has 0 saturated carbocycles. The van der Waals surface area contributed by atoms with Gasteiger partial charge in [0.15, 0.2) is 0 Å². The van der Waals surface area contributed by atoms with Gasteiger partial charge in [-0.15, -0.1) is 0 Å². The highest BCUT2D eigenvalue weighted by Gasteiger charge is 2.39. The fraction of sp³-hybridized carbons (Fsp3) is 0.385. The van der Waals surface area contributed by atoms with Gasteiger partial charge in [0, 0.05) is 27.5 Å². The van der Waals surface area contributed by atoms with Crippen molar-refractivity contribution in [2.75, 3.05) is 13.7 Å².